The van der Waals surface area contributed by atoms with Gasteiger partial charge in [-0.2, -0.15) is 0 Å². The Bertz CT molecular complexity index is 956. The zero-order chi connectivity index (χ0) is 19.5. The fraction of sp³-hybridized carbons (Fsp3) is 0.286. The van der Waals surface area contributed by atoms with Gasteiger partial charge in [0.15, 0.2) is 11.0 Å². The number of hydrogen-bond acceptors (Lipinski definition) is 5. The Balaban J connectivity index is 1.69. The number of esters is 1. The molecule has 1 fully saturated rings. The van der Waals surface area contributed by atoms with Crippen LogP contribution in [-0.2, 0) is 9.53 Å². The molecule has 1 atom stereocenters. The van der Waals surface area contributed by atoms with Gasteiger partial charge in [0.2, 0.25) is 0 Å². The average molecular weight is 458 g/mol. The lowest BCUT2D eigenvalue weighted by Crippen LogP contribution is -2.14. The maximum atomic E-state index is 12.7. The van der Waals surface area contributed by atoms with Crippen molar-refractivity contribution in [1.82, 2.24) is 14.8 Å². The molecule has 0 saturated heterocycles. The lowest BCUT2D eigenvalue weighted by Gasteiger charge is -2.16. The van der Waals surface area contributed by atoms with E-state index in [1.807, 2.05) is 61.5 Å². The number of rotatable bonds is 7. The van der Waals surface area contributed by atoms with E-state index in [4.69, 9.17) is 4.74 Å². The van der Waals surface area contributed by atoms with E-state index in [2.05, 4.69) is 30.7 Å². The number of hydrogen-bond donors (Lipinski definition) is 0. The highest BCUT2D eigenvalue weighted by molar-refractivity contribution is 9.10. The second kappa shape index (κ2) is 8.49. The van der Waals surface area contributed by atoms with Gasteiger partial charge in [-0.3, -0.25) is 9.36 Å². The number of ether oxygens (including phenoxy) is 1. The van der Waals surface area contributed by atoms with Crippen LogP contribution in [0.25, 0.3) is 11.4 Å². The molecule has 0 spiro atoms. The molecule has 1 aromatic heterocycles. The molecule has 1 saturated carbocycles. The Morgan fingerprint density at radius 3 is 2.54 bits per heavy atom. The van der Waals surface area contributed by atoms with Gasteiger partial charge < -0.3 is 4.74 Å². The molecule has 5 nitrogen and oxygen atoms in total. The van der Waals surface area contributed by atoms with Crippen LogP contribution in [0, 0.1) is 0 Å². The summed E-state index contributed by atoms with van der Waals surface area (Å²) in [5, 5.41) is 9.18. The Hall–Kier alpha value is -2.12. The van der Waals surface area contributed by atoms with Crippen molar-refractivity contribution in [2.75, 3.05) is 6.61 Å². The van der Waals surface area contributed by atoms with Crippen molar-refractivity contribution in [3.8, 4) is 11.4 Å². The molecule has 3 aromatic rings. The first-order valence-corrected chi connectivity index (χ1v) is 10.9. The molecule has 0 N–H and O–H groups in total. The van der Waals surface area contributed by atoms with E-state index < -0.39 is 5.25 Å². The van der Waals surface area contributed by atoms with Crippen LogP contribution in [0.2, 0.25) is 0 Å². The molecule has 1 unspecified atom stereocenters. The number of thioether (sulfide) groups is 1. The highest BCUT2D eigenvalue weighted by Crippen LogP contribution is 2.44. The van der Waals surface area contributed by atoms with Crippen molar-refractivity contribution in [2.24, 2.45) is 0 Å². The van der Waals surface area contributed by atoms with E-state index in [-0.39, 0.29) is 5.97 Å². The van der Waals surface area contributed by atoms with E-state index in [0.717, 1.165) is 39.4 Å². The lowest BCUT2D eigenvalue weighted by molar-refractivity contribution is -0.142. The molecule has 28 heavy (non-hydrogen) atoms. The summed E-state index contributed by atoms with van der Waals surface area (Å²) in [5.41, 5.74) is 1.92. The van der Waals surface area contributed by atoms with Crippen LogP contribution in [0.5, 0.6) is 0 Å². The van der Waals surface area contributed by atoms with Gasteiger partial charge in [0.25, 0.3) is 0 Å². The Labute approximate surface area is 176 Å². The normalized spacial score (nSPS) is 14.6. The maximum absolute atomic E-state index is 12.7. The first-order chi connectivity index (χ1) is 13.7. The quantitative estimate of drug-likeness (QED) is 0.349. The van der Waals surface area contributed by atoms with Crippen LogP contribution in [0.4, 0.5) is 0 Å². The van der Waals surface area contributed by atoms with E-state index in [0.29, 0.717) is 12.6 Å². The van der Waals surface area contributed by atoms with E-state index in [1.54, 1.807) is 0 Å². The van der Waals surface area contributed by atoms with Gasteiger partial charge >= 0.3 is 5.97 Å². The van der Waals surface area contributed by atoms with Crippen LogP contribution >= 0.6 is 27.7 Å². The van der Waals surface area contributed by atoms with Crippen LogP contribution < -0.4 is 0 Å². The number of nitrogens with zero attached hydrogens (tertiary/aromatic N) is 3. The zero-order valence-electron chi connectivity index (χ0n) is 15.4. The third-order valence-corrected chi connectivity index (χ3v) is 6.22. The van der Waals surface area contributed by atoms with E-state index in [1.165, 1.54) is 11.8 Å². The summed E-state index contributed by atoms with van der Waals surface area (Å²) in [5.74, 6) is 0.586. The summed E-state index contributed by atoms with van der Waals surface area (Å²) in [6, 6.07) is 18.1. The van der Waals surface area contributed by atoms with Crippen LogP contribution in [0.1, 0.15) is 36.6 Å². The topological polar surface area (TPSA) is 57.0 Å². The van der Waals surface area contributed by atoms with Crippen LogP contribution in [0.15, 0.2) is 64.2 Å². The lowest BCUT2D eigenvalue weighted by atomic mass is 10.1. The highest BCUT2D eigenvalue weighted by atomic mass is 79.9. The molecule has 1 aliphatic rings. The summed E-state index contributed by atoms with van der Waals surface area (Å²) >= 11 is 4.88. The fourth-order valence-electron chi connectivity index (χ4n) is 3.02. The van der Waals surface area contributed by atoms with Crippen molar-refractivity contribution in [3.05, 3.63) is 64.6 Å². The minimum atomic E-state index is -0.472. The molecule has 2 aromatic carbocycles. The molecule has 1 aliphatic carbocycles. The summed E-state index contributed by atoms with van der Waals surface area (Å²) in [6.07, 6.45) is 2.20. The minimum absolute atomic E-state index is 0.255. The number of carbonyl (C=O) groups is 1. The standard InChI is InChI=1S/C21H20BrN3O2S/c1-2-27-20(26)18(14-6-4-3-5-7-14)28-21-24-23-19(25(21)17-12-13-17)15-8-10-16(22)11-9-15/h3-11,17-18H,2,12-13H2,1H3. The zero-order valence-corrected chi connectivity index (χ0v) is 17.8. The van der Waals surface area contributed by atoms with Gasteiger partial charge in [-0.25, -0.2) is 0 Å². The SMILES string of the molecule is CCOC(=O)C(Sc1nnc(-c2ccc(Br)cc2)n1C1CC1)c1ccccc1. The third-order valence-electron chi connectivity index (χ3n) is 4.51. The Morgan fingerprint density at radius 2 is 1.89 bits per heavy atom. The summed E-state index contributed by atoms with van der Waals surface area (Å²) in [7, 11) is 0. The molecular formula is C21H20BrN3O2S. The molecule has 0 amide bonds. The van der Waals surface area contributed by atoms with Gasteiger partial charge in [0, 0.05) is 16.1 Å². The highest BCUT2D eigenvalue weighted by Gasteiger charge is 2.33. The van der Waals surface area contributed by atoms with Crippen molar-refractivity contribution >= 4 is 33.7 Å². The first kappa shape index (κ1) is 19.2. The second-order valence-electron chi connectivity index (χ2n) is 6.57. The number of halogens is 1. The van der Waals surface area contributed by atoms with E-state index >= 15 is 0 Å². The molecule has 144 valence electrons. The van der Waals surface area contributed by atoms with Crippen molar-refractivity contribution < 1.29 is 9.53 Å². The molecule has 1 heterocycles. The molecule has 0 aliphatic heterocycles. The monoisotopic (exact) mass is 457 g/mol. The van der Waals surface area contributed by atoms with Crippen molar-refractivity contribution in [2.45, 2.75) is 36.2 Å². The van der Waals surface area contributed by atoms with Gasteiger partial charge in [0.1, 0.15) is 5.25 Å². The molecule has 7 heteroatoms. The van der Waals surface area contributed by atoms with E-state index in [9.17, 15) is 4.79 Å². The second-order valence-corrected chi connectivity index (χ2v) is 8.56. The predicted molar refractivity (Wildman–Crippen MR) is 113 cm³/mol. The number of benzene rings is 2. The summed E-state index contributed by atoms with van der Waals surface area (Å²) in [6.45, 7) is 2.17. The largest absolute Gasteiger partial charge is 0.465 e. The van der Waals surface area contributed by atoms with Gasteiger partial charge in [-0.05, 0) is 37.5 Å². The van der Waals surface area contributed by atoms with Crippen molar-refractivity contribution in [3.63, 3.8) is 0 Å². The van der Waals surface area contributed by atoms with Crippen LogP contribution in [0.3, 0.4) is 0 Å². The molecule has 0 radical (unpaired) electrons. The van der Waals surface area contributed by atoms with Crippen molar-refractivity contribution in [1.29, 1.82) is 0 Å². The van der Waals surface area contributed by atoms with Gasteiger partial charge in [-0.1, -0.05) is 70.2 Å². The average Bonchev–Trinajstić information content (AvgIpc) is 3.47. The fourth-order valence-corrected chi connectivity index (χ4v) is 4.39. The molecule has 0 bridgehead atoms. The minimum Gasteiger partial charge on any atom is -0.465 e. The van der Waals surface area contributed by atoms with Gasteiger partial charge in [-0.15, -0.1) is 10.2 Å². The maximum Gasteiger partial charge on any atom is 0.324 e. The molecule has 4 rings (SSSR count). The third kappa shape index (κ3) is 4.15. The molecular weight excluding hydrogens is 438 g/mol. The Kier molecular flexibility index (Phi) is 5.82. The predicted octanol–water partition coefficient (Wildman–Crippen LogP) is 5.44. The van der Waals surface area contributed by atoms with Gasteiger partial charge in [0.05, 0.1) is 6.61 Å². The Morgan fingerprint density at radius 1 is 1.18 bits per heavy atom. The number of aromatic nitrogens is 3. The smallest absolute Gasteiger partial charge is 0.324 e. The summed E-state index contributed by atoms with van der Waals surface area (Å²) in [4.78, 5) is 12.7. The first-order valence-electron chi connectivity index (χ1n) is 9.26. The summed E-state index contributed by atoms with van der Waals surface area (Å²) < 4.78 is 8.52. The number of carbonyl (C=O) groups excluding carboxylic acids is 1. The van der Waals surface area contributed by atoms with Crippen LogP contribution in [-0.4, -0.2) is 27.3 Å².